The summed E-state index contributed by atoms with van der Waals surface area (Å²) in [5, 5.41) is 12.6. The third kappa shape index (κ3) is 9.74. The highest BCUT2D eigenvalue weighted by atomic mass is 16.3. The van der Waals surface area contributed by atoms with Crippen molar-refractivity contribution in [2.45, 2.75) is 125 Å². The molecule has 0 aliphatic heterocycles. The Kier molecular flexibility index (Phi) is 9.21. The van der Waals surface area contributed by atoms with Crippen LogP contribution in [-0.2, 0) is 16.2 Å². The fraction of sp³-hybridized carbons (Fsp3) is 0.284. The van der Waals surface area contributed by atoms with Crippen molar-refractivity contribution in [1.82, 2.24) is 14.5 Å². The van der Waals surface area contributed by atoms with Crippen LogP contribution < -0.4 is 0 Å². The average Bonchev–Trinajstić information content (AvgIpc) is 0.826. The van der Waals surface area contributed by atoms with Gasteiger partial charge in [-0.25, -0.2) is 4.98 Å². The van der Waals surface area contributed by atoms with Crippen molar-refractivity contribution in [3.8, 4) is 78.6 Å². The van der Waals surface area contributed by atoms with Crippen molar-refractivity contribution in [1.29, 1.82) is 0 Å². The second kappa shape index (κ2) is 18.6. The Morgan fingerprint density at radius 2 is 1.21 bits per heavy atom. The van der Waals surface area contributed by atoms with Gasteiger partial charge in [-0.3, -0.25) is 9.55 Å². The lowest BCUT2D eigenvalue weighted by Gasteiger charge is -2.22. The van der Waals surface area contributed by atoms with E-state index in [4.69, 9.17) is 25.0 Å². The van der Waals surface area contributed by atoms with E-state index < -0.39 is 61.1 Å². The number of imidazole rings is 1. The average molecular weight is 947 g/mol. The Morgan fingerprint density at radius 1 is 0.535 bits per heavy atom. The van der Waals surface area contributed by atoms with Gasteiger partial charge in [-0.05, 0) is 150 Å². The largest absolute Gasteiger partial charge is 0.507 e. The minimum absolute atomic E-state index is 0.0194. The Morgan fingerprint density at radius 3 is 1.86 bits per heavy atom. The molecule has 9 rings (SSSR count). The molecule has 4 nitrogen and oxygen atoms in total. The van der Waals surface area contributed by atoms with Gasteiger partial charge in [0.15, 0.2) is 0 Å². The van der Waals surface area contributed by atoms with Crippen molar-refractivity contribution in [2.75, 3.05) is 0 Å². The van der Waals surface area contributed by atoms with Crippen LogP contribution >= 0.6 is 0 Å². The molecule has 1 N–H and O–H groups in total. The van der Waals surface area contributed by atoms with Crippen LogP contribution in [0, 0.1) is 6.92 Å². The quantitative estimate of drug-likeness (QED) is 0.157. The predicted octanol–water partition coefficient (Wildman–Crippen LogP) is 18.6. The molecule has 360 valence electrons. The second-order valence-electron chi connectivity index (χ2n) is 21.6. The van der Waals surface area contributed by atoms with E-state index in [2.05, 4.69) is 154 Å². The first kappa shape index (κ1) is 35.1. The molecule has 0 aliphatic carbocycles. The van der Waals surface area contributed by atoms with E-state index in [9.17, 15) is 7.85 Å². The lowest BCUT2D eigenvalue weighted by Crippen LogP contribution is -2.11. The van der Waals surface area contributed by atoms with Crippen LogP contribution in [0.3, 0.4) is 0 Å². The summed E-state index contributed by atoms with van der Waals surface area (Å²) in [5.74, 6) is 0.781. The number of para-hydroxylation sites is 1. The first-order chi connectivity index (χ1) is 39.0. The van der Waals surface area contributed by atoms with E-state index in [0.29, 0.717) is 28.2 Å². The number of aromatic hydroxyl groups is 1. The van der Waals surface area contributed by atoms with Gasteiger partial charge in [0.1, 0.15) is 11.6 Å². The number of rotatable bonds is 9. The van der Waals surface area contributed by atoms with E-state index in [-0.39, 0.29) is 34.1 Å². The summed E-state index contributed by atoms with van der Waals surface area (Å²) in [6, 6.07) is 39.0. The minimum atomic E-state index is -3.81. The molecule has 2 aromatic heterocycles. The molecule has 0 amide bonds. The van der Waals surface area contributed by atoms with Crippen LogP contribution in [-0.4, -0.2) is 19.6 Å². The Hall–Kier alpha value is -7.04. The van der Waals surface area contributed by atoms with Gasteiger partial charge in [0.05, 0.1) is 33.5 Å². The molecule has 0 atom stereocenters. The van der Waals surface area contributed by atoms with E-state index in [1.807, 2.05) is 42.5 Å². The smallest absolute Gasteiger partial charge is 0.149 e. The standard InChI is InChI=1S/C67H71N3O/c1-41(2)48-37-55(42(3)4)63(71)58(38-48)64-69-62-54(49-34-50(36-53(35-49)67(12,13)14)59-39-47(31-32-68-59)44-23-27-51(28-24-44)65(6,7)8)21-18-22-60(62)70(64)61-40-56(45-19-16-15-17-20-45)43(5)33-57(61)46-25-29-52(30-26-46)66(9,10)11/h15-42,71H,1-14H3/i6D3,7D3,8D3,23D,24D,27D,28D. The van der Waals surface area contributed by atoms with Gasteiger partial charge in [0.2, 0.25) is 0 Å². The summed E-state index contributed by atoms with van der Waals surface area (Å²) in [4.78, 5) is 10.4. The minimum Gasteiger partial charge on any atom is -0.507 e. The van der Waals surface area contributed by atoms with E-state index in [0.717, 1.165) is 66.8 Å². The number of aromatic nitrogens is 3. The second-order valence-corrected chi connectivity index (χ2v) is 21.6. The summed E-state index contributed by atoms with van der Waals surface area (Å²) in [7, 11) is 0. The molecule has 4 heteroatoms. The van der Waals surface area contributed by atoms with E-state index >= 15 is 0 Å². The number of nitrogens with zero attached hydrogens (tertiary/aromatic N) is 3. The molecule has 0 spiro atoms. The summed E-state index contributed by atoms with van der Waals surface area (Å²) in [6.45, 7) is 12.0. The fourth-order valence-electron chi connectivity index (χ4n) is 9.32. The number of phenols is 1. The van der Waals surface area contributed by atoms with Crippen molar-refractivity contribution in [3.63, 3.8) is 0 Å². The number of phenolic OH excluding ortho intramolecular Hbond substituents is 1. The third-order valence-electron chi connectivity index (χ3n) is 13.6. The number of fused-ring (bicyclic) bond motifs is 1. The van der Waals surface area contributed by atoms with Gasteiger partial charge in [-0.15, -0.1) is 0 Å². The van der Waals surface area contributed by atoms with Crippen LogP contribution in [0.2, 0.25) is 0 Å². The maximum atomic E-state index is 12.6. The van der Waals surface area contributed by atoms with E-state index in [1.165, 1.54) is 17.8 Å². The number of aryl methyl sites for hydroxylation is 1. The predicted molar refractivity (Wildman–Crippen MR) is 302 cm³/mol. The highest BCUT2D eigenvalue weighted by molar-refractivity contribution is 5.98. The first-order valence-corrected chi connectivity index (χ1v) is 24.4. The Bertz CT molecular complexity index is 3940. The monoisotopic (exact) mass is 947 g/mol. The molecule has 0 aliphatic rings. The molecular formula is C67H71N3O. The summed E-state index contributed by atoms with van der Waals surface area (Å²) in [5.41, 5.74) is 8.78. The number of benzene rings is 7. The summed E-state index contributed by atoms with van der Waals surface area (Å²) in [6.07, 6.45) is 1.45. The summed E-state index contributed by atoms with van der Waals surface area (Å²) >= 11 is 0. The van der Waals surface area contributed by atoms with E-state index in [1.54, 1.807) is 6.07 Å². The highest BCUT2D eigenvalue weighted by Gasteiger charge is 2.27. The maximum Gasteiger partial charge on any atom is 0.149 e. The molecular weight excluding hydrogens is 863 g/mol. The Balaban J connectivity index is 1.33. The highest BCUT2D eigenvalue weighted by Crippen LogP contribution is 2.46. The molecule has 0 fully saturated rings. The molecule has 0 saturated heterocycles. The van der Waals surface area contributed by atoms with Gasteiger partial charge in [-0.2, -0.15) is 0 Å². The molecule has 7 aromatic carbocycles. The van der Waals surface area contributed by atoms with Crippen molar-refractivity contribution >= 4 is 11.0 Å². The zero-order valence-corrected chi connectivity index (χ0v) is 42.6. The molecule has 2 heterocycles. The van der Waals surface area contributed by atoms with Crippen molar-refractivity contribution in [2.24, 2.45) is 0 Å². The fourth-order valence-corrected chi connectivity index (χ4v) is 9.32. The lowest BCUT2D eigenvalue weighted by atomic mass is 9.83. The maximum absolute atomic E-state index is 12.6. The Labute approximate surface area is 441 Å². The van der Waals surface area contributed by atoms with Gasteiger partial charge in [-0.1, -0.05) is 193 Å². The van der Waals surface area contributed by atoms with Crippen LogP contribution in [0.1, 0.15) is 153 Å². The van der Waals surface area contributed by atoms with Crippen LogP contribution in [0.25, 0.3) is 83.9 Å². The third-order valence-corrected chi connectivity index (χ3v) is 13.6. The summed E-state index contributed by atoms with van der Waals surface area (Å²) < 4.78 is 113. The van der Waals surface area contributed by atoms with Gasteiger partial charge >= 0.3 is 0 Å². The van der Waals surface area contributed by atoms with Crippen LogP contribution in [0.4, 0.5) is 0 Å². The topological polar surface area (TPSA) is 50.9 Å². The zero-order valence-electron chi connectivity index (χ0n) is 55.6. The number of hydrogen-bond acceptors (Lipinski definition) is 3. The number of hydrogen-bond donors (Lipinski definition) is 1. The van der Waals surface area contributed by atoms with Crippen molar-refractivity contribution < 1.29 is 22.9 Å². The van der Waals surface area contributed by atoms with Gasteiger partial charge in [0, 0.05) is 35.2 Å². The van der Waals surface area contributed by atoms with Gasteiger partial charge < -0.3 is 5.11 Å². The normalized spacial score (nSPS) is 15.6. The first-order valence-electron chi connectivity index (χ1n) is 30.9. The van der Waals surface area contributed by atoms with Crippen LogP contribution in [0.5, 0.6) is 5.75 Å². The molecule has 9 aromatic rings. The molecule has 71 heavy (non-hydrogen) atoms. The van der Waals surface area contributed by atoms with Crippen molar-refractivity contribution in [3.05, 3.63) is 191 Å². The lowest BCUT2D eigenvalue weighted by molar-refractivity contribution is 0.466. The molecule has 0 unspecified atom stereocenters. The SMILES string of the molecule is [2H]c1c([2H])c(C(C([2H])([2H])[2H])(C([2H])([2H])[2H])C([2H])([2H])[2H])c([2H])c([2H])c1-c1ccnc(-c2cc(-c3cccc4c3nc(-c3cc(C(C)C)cc(C(C)C)c3O)n4-c3cc(-c4ccccc4)c(C)cc3-c3ccc(C(C)(C)C)cc3)cc(C(C)(C)C)c2)c1. The zero-order chi connectivity index (χ0) is 61.7. The van der Waals surface area contributed by atoms with Gasteiger partial charge in [0.25, 0.3) is 0 Å². The number of pyridine rings is 1. The molecule has 0 saturated carbocycles. The molecule has 0 bridgehead atoms. The van der Waals surface area contributed by atoms with Crippen LogP contribution in [0.15, 0.2) is 158 Å². The molecule has 0 radical (unpaired) electrons.